The van der Waals surface area contributed by atoms with Crippen LogP contribution in [0.15, 0.2) is 18.2 Å². The molecule has 1 saturated carbocycles. The molecule has 0 atom stereocenters. The van der Waals surface area contributed by atoms with Crippen molar-refractivity contribution < 1.29 is 4.79 Å². The third-order valence-electron chi connectivity index (χ3n) is 4.53. The summed E-state index contributed by atoms with van der Waals surface area (Å²) < 4.78 is 0. The van der Waals surface area contributed by atoms with Gasteiger partial charge in [0.15, 0.2) is 0 Å². The smallest absolute Gasteiger partial charge is 0.253 e. The first-order valence-electron chi connectivity index (χ1n) is 7.35. The number of carbonyl (C=O) groups is 1. The van der Waals surface area contributed by atoms with Gasteiger partial charge in [-0.3, -0.25) is 4.79 Å². The van der Waals surface area contributed by atoms with Crippen molar-refractivity contribution in [2.75, 3.05) is 7.05 Å². The molecule has 0 radical (unpaired) electrons. The molecule has 110 valence electrons. The highest BCUT2D eigenvalue weighted by Gasteiger charge is 2.23. The lowest BCUT2D eigenvalue weighted by Crippen LogP contribution is -2.38. The first-order valence-corrected chi connectivity index (χ1v) is 7.35. The van der Waals surface area contributed by atoms with E-state index in [0.717, 1.165) is 31.5 Å². The number of hydrogen-bond donors (Lipinski definition) is 1. The van der Waals surface area contributed by atoms with E-state index in [2.05, 4.69) is 17.4 Å². The normalized spacial score (nSPS) is 18.2. The van der Waals surface area contributed by atoms with Gasteiger partial charge in [-0.05, 0) is 36.1 Å². The molecule has 1 fully saturated rings. The highest BCUT2D eigenvalue weighted by atomic mass is 35.5. The number of hydrogen-bond acceptors (Lipinski definition) is 2. The summed E-state index contributed by atoms with van der Waals surface area (Å²) in [5.41, 5.74) is 3.45. The second-order valence-corrected chi connectivity index (χ2v) is 5.79. The summed E-state index contributed by atoms with van der Waals surface area (Å²) in [6.07, 6.45) is 6.17. The third-order valence-corrected chi connectivity index (χ3v) is 4.53. The van der Waals surface area contributed by atoms with E-state index in [-0.39, 0.29) is 18.3 Å². The van der Waals surface area contributed by atoms with Crippen LogP contribution in [0, 0.1) is 0 Å². The summed E-state index contributed by atoms with van der Waals surface area (Å²) in [6.45, 7) is 1.83. The van der Waals surface area contributed by atoms with Crippen molar-refractivity contribution >= 4 is 18.3 Å². The molecule has 0 bridgehead atoms. The van der Waals surface area contributed by atoms with Gasteiger partial charge in [0.25, 0.3) is 5.91 Å². The summed E-state index contributed by atoms with van der Waals surface area (Å²) >= 11 is 0. The molecular formula is C16H23ClN2O. The van der Waals surface area contributed by atoms with E-state index in [4.69, 9.17) is 0 Å². The Bertz CT molecular complexity index is 483. The molecule has 1 aromatic rings. The maximum absolute atomic E-state index is 12.5. The molecule has 1 aliphatic carbocycles. The van der Waals surface area contributed by atoms with E-state index in [1.54, 1.807) is 0 Å². The second-order valence-electron chi connectivity index (χ2n) is 5.79. The monoisotopic (exact) mass is 294 g/mol. The minimum absolute atomic E-state index is 0. The van der Waals surface area contributed by atoms with Gasteiger partial charge in [-0.25, -0.2) is 0 Å². The van der Waals surface area contributed by atoms with Crippen molar-refractivity contribution in [2.24, 2.45) is 0 Å². The zero-order valence-electron chi connectivity index (χ0n) is 12.0. The van der Waals surface area contributed by atoms with E-state index in [1.165, 1.54) is 30.4 Å². The molecule has 1 heterocycles. The van der Waals surface area contributed by atoms with Gasteiger partial charge in [-0.1, -0.05) is 25.3 Å². The Labute approximate surface area is 127 Å². The van der Waals surface area contributed by atoms with Gasteiger partial charge in [0.1, 0.15) is 0 Å². The molecule has 0 spiro atoms. The number of nitrogens with zero attached hydrogens (tertiary/aromatic N) is 1. The fourth-order valence-electron chi connectivity index (χ4n) is 3.27. The van der Waals surface area contributed by atoms with Crippen molar-refractivity contribution in [3.8, 4) is 0 Å². The Hall–Kier alpha value is -1.06. The average molecular weight is 295 g/mol. The molecule has 3 rings (SSSR count). The summed E-state index contributed by atoms with van der Waals surface area (Å²) in [4.78, 5) is 14.5. The number of nitrogens with one attached hydrogen (secondary N) is 1. The number of rotatable bonds is 2. The lowest BCUT2D eigenvalue weighted by molar-refractivity contribution is 0.0696. The molecule has 1 aliphatic heterocycles. The van der Waals surface area contributed by atoms with Gasteiger partial charge < -0.3 is 10.2 Å². The predicted octanol–water partition coefficient (Wildman–Crippen LogP) is 3.12. The Morgan fingerprint density at radius 1 is 1.15 bits per heavy atom. The SMILES string of the molecule is CN(C(=O)c1ccc2c(c1)CNC2)C1CCCCC1.Cl. The van der Waals surface area contributed by atoms with Crippen LogP contribution in [0.25, 0.3) is 0 Å². The second kappa shape index (κ2) is 6.59. The number of fused-ring (bicyclic) bond motifs is 1. The van der Waals surface area contributed by atoms with E-state index in [9.17, 15) is 4.79 Å². The maximum Gasteiger partial charge on any atom is 0.253 e. The standard InChI is InChI=1S/C16H22N2O.ClH/c1-18(15-5-3-2-4-6-15)16(19)12-7-8-13-10-17-11-14(13)9-12;/h7-9,15,17H,2-6,10-11H2,1H3;1H. The van der Waals surface area contributed by atoms with Crippen LogP contribution in [0.1, 0.15) is 53.6 Å². The molecule has 0 aromatic heterocycles. The molecule has 4 heteroatoms. The number of benzene rings is 1. The average Bonchev–Trinajstić information content (AvgIpc) is 2.94. The number of amides is 1. The molecular weight excluding hydrogens is 272 g/mol. The van der Waals surface area contributed by atoms with Gasteiger partial charge in [-0.2, -0.15) is 0 Å². The largest absolute Gasteiger partial charge is 0.339 e. The van der Waals surface area contributed by atoms with Crippen LogP contribution in [0.4, 0.5) is 0 Å². The summed E-state index contributed by atoms with van der Waals surface area (Å²) in [5.74, 6) is 0.182. The van der Waals surface area contributed by atoms with Crippen molar-refractivity contribution in [1.29, 1.82) is 0 Å². The Kier molecular flexibility index (Phi) is 5.06. The van der Waals surface area contributed by atoms with Crippen LogP contribution in [0.3, 0.4) is 0 Å². The molecule has 1 aromatic carbocycles. The molecule has 1 amide bonds. The van der Waals surface area contributed by atoms with Crippen molar-refractivity contribution in [3.05, 3.63) is 34.9 Å². The minimum atomic E-state index is 0. The maximum atomic E-state index is 12.5. The first kappa shape index (κ1) is 15.3. The van der Waals surface area contributed by atoms with E-state index in [1.807, 2.05) is 18.0 Å². The molecule has 1 N–H and O–H groups in total. The van der Waals surface area contributed by atoms with Crippen LogP contribution in [-0.4, -0.2) is 23.9 Å². The highest BCUT2D eigenvalue weighted by Crippen LogP contribution is 2.24. The van der Waals surface area contributed by atoms with E-state index in [0.29, 0.717) is 6.04 Å². The minimum Gasteiger partial charge on any atom is -0.339 e. The van der Waals surface area contributed by atoms with E-state index < -0.39 is 0 Å². The third kappa shape index (κ3) is 2.99. The zero-order chi connectivity index (χ0) is 13.2. The van der Waals surface area contributed by atoms with Crippen molar-refractivity contribution in [2.45, 2.75) is 51.2 Å². The predicted molar refractivity (Wildman–Crippen MR) is 83.2 cm³/mol. The summed E-state index contributed by atoms with van der Waals surface area (Å²) in [6, 6.07) is 6.58. The Morgan fingerprint density at radius 2 is 1.85 bits per heavy atom. The van der Waals surface area contributed by atoms with Gasteiger partial charge in [0, 0.05) is 31.7 Å². The fraction of sp³-hybridized carbons (Fsp3) is 0.562. The number of carbonyl (C=O) groups excluding carboxylic acids is 1. The summed E-state index contributed by atoms with van der Waals surface area (Å²) in [7, 11) is 1.96. The van der Waals surface area contributed by atoms with Crippen molar-refractivity contribution in [1.82, 2.24) is 10.2 Å². The van der Waals surface area contributed by atoms with Gasteiger partial charge >= 0.3 is 0 Å². The lowest BCUT2D eigenvalue weighted by atomic mass is 9.94. The lowest BCUT2D eigenvalue weighted by Gasteiger charge is -2.31. The molecule has 0 unspecified atom stereocenters. The van der Waals surface area contributed by atoms with E-state index >= 15 is 0 Å². The number of halogens is 1. The molecule has 0 saturated heterocycles. The van der Waals surface area contributed by atoms with Gasteiger partial charge in [0.2, 0.25) is 0 Å². The van der Waals surface area contributed by atoms with Gasteiger partial charge in [0.05, 0.1) is 0 Å². The van der Waals surface area contributed by atoms with Crippen LogP contribution >= 0.6 is 12.4 Å². The van der Waals surface area contributed by atoms with Crippen LogP contribution < -0.4 is 5.32 Å². The molecule has 3 nitrogen and oxygen atoms in total. The van der Waals surface area contributed by atoms with Crippen LogP contribution in [-0.2, 0) is 13.1 Å². The molecule has 20 heavy (non-hydrogen) atoms. The Morgan fingerprint density at radius 3 is 2.60 bits per heavy atom. The zero-order valence-corrected chi connectivity index (χ0v) is 12.8. The van der Waals surface area contributed by atoms with Crippen molar-refractivity contribution in [3.63, 3.8) is 0 Å². The quantitative estimate of drug-likeness (QED) is 0.909. The molecule has 2 aliphatic rings. The summed E-state index contributed by atoms with van der Waals surface area (Å²) in [5, 5.41) is 3.32. The Balaban J connectivity index is 0.00000147. The van der Waals surface area contributed by atoms with Crippen LogP contribution in [0.2, 0.25) is 0 Å². The van der Waals surface area contributed by atoms with Crippen LogP contribution in [0.5, 0.6) is 0 Å². The first-order chi connectivity index (χ1) is 9.25. The highest BCUT2D eigenvalue weighted by molar-refractivity contribution is 5.94. The van der Waals surface area contributed by atoms with Gasteiger partial charge in [-0.15, -0.1) is 12.4 Å². The fourth-order valence-corrected chi connectivity index (χ4v) is 3.27. The topological polar surface area (TPSA) is 32.3 Å².